The highest BCUT2D eigenvalue weighted by atomic mass is 19.4. The predicted octanol–water partition coefficient (Wildman–Crippen LogP) is 2.94. The van der Waals surface area contributed by atoms with Gasteiger partial charge in [-0.05, 0) is 35.9 Å². The highest BCUT2D eigenvalue weighted by Gasteiger charge is 2.40. The van der Waals surface area contributed by atoms with Gasteiger partial charge in [-0.1, -0.05) is 6.07 Å². The lowest BCUT2D eigenvalue weighted by atomic mass is 10.1. The summed E-state index contributed by atoms with van der Waals surface area (Å²) in [5.74, 6) is -2.94. The van der Waals surface area contributed by atoms with Crippen molar-refractivity contribution in [3.8, 4) is 0 Å². The number of carboxylic acid groups (broad SMARTS) is 1. The molecule has 6 nitrogen and oxygen atoms in total. The van der Waals surface area contributed by atoms with Crippen LogP contribution < -0.4 is 4.90 Å². The summed E-state index contributed by atoms with van der Waals surface area (Å²) in [6, 6.07) is 11.3. The maximum Gasteiger partial charge on any atom is 0.490 e. The first-order chi connectivity index (χ1) is 14.2. The number of benzene rings is 1. The second-order valence-electron chi connectivity index (χ2n) is 6.99. The first-order valence-corrected chi connectivity index (χ1v) is 9.29. The molecule has 0 bridgehead atoms. The molecule has 2 atom stereocenters. The van der Waals surface area contributed by atoms with Gasteiger partial charge in [0.05, 0.1) is 18.8 Å². The van der Waals surface area contributed by atoms with E-state index in [-0.39, 0.29) is 11.9 Å². The highest BCUT2D eigenvalue weighted by Crippen LogP contribution is 2.28. The van der Waals surface area contributed by atoms with E-state index >= 15 is 0 Å². The Labute approximate surface area is 170 Å². The molecule has 30 heavy (non-hydrogen) atoms. The van der Waals surface area contributed by atoms with Gasteiger partial charge in [0.15, 0.2) is 0 Å². The third kappa shape index (κ3) is 5.67. The largest absolute Gasteiger partial charge is 0.490 e. The molecular formula is C20H21F4N3O3. The Balaban J connectivity index is 0.000000318. The molecular weight excluding hydrogens is 406 g/mol. The lowest BCUT2D eigenvalue weighted by Crippen LogP contribution is -2.50. The van der Waals surface area contributed by atoms with E-state index in [1.165, 1.54) is 11.6 Å². The number of carbonyl (C=O) groups is 1. The SMILES string of the molecule is Fc1cccc(N2C[C@@H]3OCCN(Cc4ccncc4)[C@@H]3C2)c1.O=C(O)C(F)(F)F. The van der Waals surface area contributed by atoms with Gasteiger partial charge in [-0.15, -0.1) is 0 Å². The number of rotatable bonds is 3. The normalized spacial score (nSPS) is 21.5. The minimum Gasteiger partial charge on any atom is -0.475 e. The second-order valence-corrected chi connectivity index (χ2v) is 6.99. The van der Waals surface area contributed by atoms with Crippen LogP contribution in [0, 0.1) is 5.82 Å². The molecule has 162 valence electrons. The van der Waals surface area contributed by atoms with E-state index in [9.17, 15) is 17.6 Å². The van der Waals surface area contributed by atoms with Crippen LogP contribution in [0.1, 0.15) is 5.56 Å². The molecule has 0 saturated carbocycles. The van der Waals surface area contributed by atoms with E-state index in [2.05, 4.69) is 26.9 Å². The molecule has 0 amide bonds. The number of alkyl halides is 3. The molecule has 0 spiro atoms. The number of halogens is 4. The van der Waals surface area contributed by atoms with Crippen LogP contribution in [-0.4, -0.2) is 65.5 Å². The van der Waals surface area contributed by atoms with Gasteiger partial charge in [0.2, 0.25) is 0 Å². The van der Waals surface area contributed by atoms with E-state index in [4.69, 9.17) is 14.6 Å². The van der Waals surface area contributed by atoms with Crippen molar-refractivity contribution in [2.45, 2.75) is 24.9 Å². The number of nitrogens with zero attached hydrogens (tertiary/aromatic N) is 3. The molecule has 1 N–H and O–H groups in total. The summed E-state index contributed by atoms with van der Waals surface area (Å²) in [4.78, 5) is 17.7. The first-order valence-electron chi connectivity index (χ1n) is 9.29. The number of pyridine rings is 1. The zero-order valence-corrected chi connectivity index (χ0v) is 15.9. The number of hydrogen-bond acceptors (Lipinski definition) is 5. The van der Waals surface area contributed by atoms with Crippen LogP contribution >= 0.6 is 0 Å². The molecule has 0 aliphatic carbocycles. The molecule has 2 aliphatic rings. The van der Waals surface area contributed by atoms with Crippen molar-refractivity contribution in [1.29, 1.82) is 0 Å². The molecule has 0 unspecified atom stereocenters. The van der Waals surface area contributed by atoms with Gasteiger partial charge in [0.1, 0.15) is 5.82 Å². The van der Waals surface area contributed by atoms with Gasteiger partial charge in [-0.3, -0.25) is 9.88 Å². The Morgan fingerprint density at radius 2 is 1.90 bits per heavy atom. The van der Waals surface area contributed by atoms with Crippen LogP contribution in [0.5, 0.6) is 0 Å². The third-order valence-electron chi connectivity index (χ3n) is 4.97. The number of anilines is 1. The smallest absolute Gasteiger partial charge is 0.475 e. The van der Waals surface area contributed by atoms with Gasteiger partial charge < -0.3 is 14.7 Å². The van der Waals surface area contributed by atoms with Gasteiger partial charge in [0, 0.05) is 44.3 Å². The molecule has 1 aromatic heterocycles. The van der Waals surface area contributed by atoms with E-state index in [0.29, 0.717) is 6.04 Å². The summed E-state index contributed by atoms with van der Waals surface area (Å²) in [5.41, 5.74) is 2.21. The number of hydrogen-bond donors (Lipinski definition) is 1. The minimum atomic E-state index is -5.08. The Kier molecular flexibility index (Phi) is 6.88. The van der Waals surface area contributed by atoms with E-state index in [1.54, 1.807) is 12.1 Å². The number of morpholine rings is 1. The lowest BCUT2D eigenvalue weighted by molar-refractivity contribution is -0.192. The summed E-state index contributed by atoms with van der Waals surface area (Å²) < 4.78 is 51.2. The van der Waals surface area contributed by atoms with Crippen molar-refractivity contribution in [3.05, 3.63) is 60.2 Å². The fourth-order valence-corrected chi connectivity index (χ4v) is 3.56. The van der Waals surface area contributed by atoms with Crippen molar-refractivity contribution in [3.63, 3.8) is 0 Å². The molecule has 1 aromatic carbocycles. The molecule has 0 radical (unpaired) electrons. The highest BCUT2D eigenvalue weighted by molar-refractivity contribution is 5.73. The summed E-state index contributed by atoms with van der Waals surface area (Å²) in [7, 11) is 0. The molecule has 2 aromatic rings. The number of aromatic nitrogens is 1. The number of aliphatic carboxylic acids is 1. The molecule has 4 rings (SSSR count). The molecule has 3 heterocycles. The third-order valence-corrected chi connectivity index (χ3v) is 4.97. The van der Waals surface area contributed by atoms with Gasteiger partial charge in [-0.25, -0.2) is 9.18 Å². The maximum atomic E-state index is 13.5. The quantitative estimate of drug-likeness (QED) is 0.760. The van der Waals surface area contributed by atoms with Gasteiger partial charge in [0.25, 0.3) is 0 Å². The van der Waals surface area contributed by atoms with E-state index in [0.717, 1.165) is 38.5 Å². The maximum absolute atomic E-state index is 13.5. The van der Waals surface area contributed by atoms with Crippen molar-refractivity contribution < 1.29 is 32.2 Å². The monoisotopic (exact) mass is 427 g/mol. The van der Waals surface area contributed by atoms with Crippen LogP contribution in [0.2, 0.25) is 0 Å². The summed E-state index contributed by atoms with van der Waals surface area (Å²) in [6.45, 7) is 4.29. The van der Waals surface area contributed by atoms with Crippen LogP contribution in [0.15, 0.2) is 48.8 Å². The first kappa shape index (κ1) is 22.0. The zero-order chi connectivity index (χ0) is 21.7. The Bertz CT molecular complexity index is 851. The van der Waals surface area contributed by atoms with E-state index in [1.807, 2.05) is 18.5 Å². The average Bonchev–Trinajstić information content (AvgIpc) is 3.14. The summed E-state index contributed by atoms with van der Waals surface area (Å²) in [6.07, 6.45) is -1.23. The predicted molar refractivity (Wildman–Crippen MR) is 100 cm³/mol. The number of ether oxygens (including phenoxy) is 1. The number of carboxylic acids is 1. The molecule has 10 heteroatoms. The van der Waals surface area contributed by atoms with Crippen molar-refractivity contribution in [2.75, 3.05) is 31.1 Å². The van der Waals surface area contributed by atoms with Crippen LogP contribution in [0.4, 0.5) is 23.2 Å². The Morgan fingerprint density at radius 3 is 2.53 bits per heavy atom. The van der Waals surface area contributed by atoms with Crippen LogP contribution in [-0.2, 0) is 16.1 Å². The number of fused-ring (bicyclic) bond motifs is 1. The molecule has 2 saturated heterocycles. The fraction of sp³-hybridized carbons (Fsp3) is 0.400. The van der Waals surface area contributed by atoms with Crippen LogP contribution in [0.3, 0.4) is 0 Å². The Morgan fingerprint density at radius 1 is 1.20 bits per heavy atom. The average molecular weight is 427 g/mol. The van der Waals surface area contributed by atoms with Crippen molar-refractivity contribution in [2.24, 2.45) is 0 Å². The van der Waals surface area contributed by atoms with E-state index < -0.39 is 12.1 Å². The standard InChI is InChI=1S/C18H20FN3O.C2HF3O2/c19-15-2-1-3-16(10-15)22-12-17-18(13-22)23-9-8-21(17)11-14-4-6-20-7-5-14;3-2(4,5)1(6)7/h1-7,10,17-18H,8-9,11-13H2;(H,6,7)/t17-,18+;/m1./s1. The van der Waals surface area contributed by atoms with Crippen molar-refractivity contribution >= 4 is 11.7 Å². The van der Waals surface area contributed by atoms with Crippen molar-refractivity contribution in [1.82, 2.24) is 9.88 Å². The zero-order valence-electron chi connectivity index (χ0n) is 15.9. The fourth-order valence-electron chi connectivity index (χ4n) is 3.56. The van der Waals surface area contributed by atoms with Gasteiger partial charge >= 0.3 is 12.1 Å². The summed E-state index contributed by atoms with van der Waals surface area (Å²) in [5, 5.41) is 7.12. The topological polar surface area (TPSA) is 65.9 Å². The van der Waals surface area contributed by atoms with Crippen LogP contribution in [0.25, 0.3) is 0 Å². The van der Waals surface area contributed by atoms with Gasteiger partial charge in [-0.2, -0.15) is 13.2 Å². The molecule has 2 aliphatic heterocycles. The second kappa shape index (κ2) is 9.40. The lowest BCUT2D eigenvalue weighted by Gasteiger charge is -2.36. The molecule has 2 fully saturated rings. The summed E-state index contributed by atoms with van der Waals surface area (Å²) >= 11 is 0. The Hall–Kier alpha value is -2.72. The minimum absolute atomic E-state index is 0.188.